The number of amides is 11. The van der Waals surface area contributed by atoms with E-state index in [0.717, 1.165) is 28.8 Å². The number of aryl methyl sites for hydroxylation is 2. The number of fused-ring (bicyclic) bond motifs is 1. The average molecular weight is 1820 g/mol. The highest BCUT2D eigenvalue weighted by molar-refractivity contribution is 8.01. The summed E-state index contributed by atoms with van der Waals surface area (Å²) in [4.78, 5) is 190. The molecule has 126 heavy (non-hydrogen) atoms. The van der Waals surface area contributed by atoms with E-state index in [2.05, 4.69) is 63.4 Å². The molecule has 3 aliphatic rings. The number of carboxylic acids is 3. The number of hydrogen-bond donors (Lipinski definition) is 20. The third kappa shape index (κ3) is 29.8. The summed E-state index contributed by atoms with van der Waals surface area (Å²) in [5.74, 6) is -13.5. The summed E-state index contributed by atoms with van der Waals surface area (Å²) in [6, 6.07) is 9.83. The van der Waals surface area contributed by atoms with Gasteiger partial charge in [-0.25, -0.2) is 0 Å². The lowest BCUT2D eigenvalue weighted by molar-refractivity contribution is -0.141. The minimum Gasteiger partial charge on any atom is -0.508 e. The van der Waals surface area contributed by atoms with Gasteiger partial charge in [-0.15, -0.1) is 16.9 Å². The van der Waals surface area contributed by atoms with Gasteiger partial charge in [0.25, 0.3) is 20.2 Å². The molecule has 0 saturated carbocycles. The van der Waals surface area contributed by atoms with Gasteiger partial charge in [0.15, 0.2) is 11.7 Å². The van der Waals surface area contributed by atoms with Crippen LogP contribution in [0.25, 0.3) is 21.9 Å². The van der Waals surface area contributed by atoms with Crippen molar-refractivity contribution in [1.82, 2.24) is 67.5 Å². The molecule has 11 amide bonds. The Hall–Kier alpha value is -12.5. The second-order valence-corrected chi connectivity index (χ2v) is 34.3. The maximum Gasteiger partial charge on any atom is 0.317 e. The van der Waals surface area contributed by atoms with Crippen LogP contribution in [0.3, 0.4) is 0 Å². The number of aromatic hydroxyl groups is 2. The molecule has 44 nitrogen and oxygen atoms in total. The fourth-order valence-electron chi connectivity index (χ4n) is 13.9. The van der Waals surface area contributed by atoms with E-state index < -0.39 is 178 Å². The molecule has 0 bridgehead atoms. The standard InChI is InChI=1S/C79H103N19O25S3/c1-43-33-47(48-15-20-52(44(2)34-48)93-94-53-21-18-50-60(125(118,119)120)38-61(126(121,122)123)70(80)69(50)71(53)110)14-19-51(43)88-74(113)54(87-63(101)39-95-27-29-96(40-67(106)107)31-32-97(30-28-95)41-68(108)109)9-4-6-23-83-62(100)22-26-98-65(103)37-59(78(98)117)124-42-64(102)84-24-7-5-10-55-75(114)89-56(11-8-25-85-79(81)82)73(112)86-45(3)72(111)91-58(36-66(104)105)77(116)92-57(76(115)90-55)35-46-12-16-49(99)17-13-46/h12-21,33-34,38,45,54-59,99,110H,4-11,22-32,35-37,39-42,80H2,1-3H3,(H,83,100)(H,84,102)(H,86,112)(H,87,101)(H,88,113)(H,89,114)(H,90,115)(H,91,111)(H,92,116)(H,104,105)(H,106,107)(H,108,109)(H4,81,82,85)(H,118,119,120)(H,121,122,123)/t45?,54-,55-,56+,57?,58+,59?/m1/s1. The Labute approximate surface area is 727 Å². The number of carbonyl (C=O) groups excluding carboxylic acids is 11. The summed E-state index contributed by atoms with van der Waals surface area (Å²) in [6.45, 7) is 5.00. The zero-order valence-electron chi connectivity index (χ0n) is 69.0. The molecule has 3 unspecified atom stereocenters. The van der Waals surface area contributed by atoms with Crippen LogP contribution in [0.1, 0.15) is 94.2 Å². The topological polar surface area (TPSA) is 683 Å². The Balaban J connectivity index is 0.852. The Morgan fingerprint density at radius 2 is 1.11 bits per heavy atom. The maximum absolute atomic E-state index is 14.4. The van der Waals surface area contributed by atoms with Gasteiger partial charge in [0.2, 0.25) is 65.0 Å². The van der Waals surface area contributed by atoms with E-state index >= 15 is 0 Å². The molecule has 3 heterocycles. The Bertz CT molecular complexity index is 5190. The van der Waals surface area contributed by atoms with Crippen molar-refractivity contribution < 1.29 is 119 Å². The fourth-order valence-corrected chi connectivity index (χ4v) is 16.4. The minimum atomic E-state index is -5.17. The lowest BCUT2D eigenvalue weighted by Crippen LogP contribution is -2.58. The van der Waals surface area contributed by atoms with E-state index in [9.17, 15) is 119 Å². The zero-order valence-corrected chi connectivity index (χ0v) is 71.4. The SMILES string of the molecule is Cc1cc(-c2ccc(NC(=O)[C@@H](CCCCNC(=O)CCN3C(=O)CC(SCC(=O)NCCCC[C@H]4NC(=O)C(Cc5ccc(O)cc5)NC(=O)[C@H](CC(=O)O)NC(=O)C(C)NC(=O)[C@H](CCCNC(=N)N)NC4=O)C3=O)NC(=O)CN3CCN(CC(=O)O)CCN(CC(=O)O)CC3)c(C)c2)ccc1N=Nc1ccc2c(S(=O)(=O)O)cc(S(=O)(=O)O)c(N)c2c1O. The number of nitrogen functional groups attached to an aromatic ring is 1. The summed E-state index contributed by atoms with van der Waals surface area (Å²) < 4.78 is 68.4. The number of nitrogens with two attached hydrogens (primary N) is 2. The van der Waals surface area contributed by atoms with Crippen molar-refractivity contribution in [1.29, 1.82) is 5.41 Å². The van der Waals surface area contributed by atoms with Gasteiger partial charge in [-0.05, 0) is 148 Å². The molecule has 0 aliphatic carbocycles. The number of phenolic OH excluding ortho intramolecular Hbond substituents is 2. The van der Waals surface area contributed by atoms with Crippen molar-refractivity contribution >= 4 is 154 Å². The number of carbonyl (C=O) groups is 14. The van der Waals surface area contributed by atoms with Crippen molar-refractivity contribution in [3.8, 4) is 22.6 Å². The number of hydrogen-bond acceptors (Lipinski definition) is 28. The van der Waals surface area contributed by atoms with Gasteiger partial charge in [0, 0.05) is 95.8 Å². The van der Waals surface area contributed by atoms with Crippen LogP contribution in [-0.4, -0.2) is 292 Å². The first-order valence-electron chi connectivity index (χ1n) is 40.0. The Morgan fingerprint density at radius 1 is 0.587 bits per heavy atom. The third-order valence-electron chi connectivity index (χ3n) is 20.7. The van der Waals surface area contributed by atoms with Crippen molar-refractivity contribution in [3.63, 3.8) is 0 Å². The highest BCUT2D eigenvalue weighted by Gasteiger charge is 2.40. The van der Waals surface area contributed by atoms with Crippen LogP contribution in [0.4, 0.5) is 22.7 Å². The molecular formula is C79H103N19O25S3. The lowest BCUT2D eigenvalue weighted by atomic mass is 10.00. The molecule has 8 rings (SSSR count). The monoisotopic (exact) mass is 1810 g/mol. The molecule has 47 heteroatoms. The molecule has 682 valence electrons. The van der Waals surface area contributed by atoms with Gasteiger partial charge < -0.3 is 90.2 Å². The van der Waals surface area contributed by atoms with Crippen LogP contribution < -0.4 is 64.6 Å². The minimum absolute atomic E-state index is 0.0121. The van der Waals surface area contributed by atoms with Crippen LogP contribution in [0.5, 0.6) is 11.5 Å². The van der Waals surface area contributed by atoms with Crippen LogP contribution in [0, 0.1) is 19.3 Å². The van der Waals surface area contributed by atoms with Gasteiger partial charge in [-0.3, -0.25) is 101 Å². The first-order chi connectivity index (χ1) is 59.5. The predicted molar refractivity (Wildman–Crippen MR) is 455 cm³/mol. The molecule has 0 radical (unpaired) electrons. The summed E-state index contributed by atoms with van der Waals surface area (Å²) in [5.41, 5.74) is 13.9. The number of nitrogens with one attached hydrogen (secondary N) is 11. The molecule has 0 spiro atoms. The van der Waals surface area contributed by atoms with Crippen molar-refractivity contribution in [2.24, 2.45) is 16.0 Å². The molecule has 22 N–H and O–H groups in total. The second kappa shape index (κ2) is 45.9. The number of likely N-dealkylation sites (tertiary alicyclic amines) is 1. The molecule has 5 aromatic rings. The summed E-state index contributed by atoms with van der Waals surface area (Å²) in [5, 5.41) is 90.2. The van der Waals surface area contributed by atoms with E-state index in [4.69, 9.17) is 16.9 Å². The number of azo groups is 1. The number of imide groups is 1. The van der Waals surface area contributed by atoms with E-state index in [-0.39, 0.29) is 190 Å². The molecule has 3 saturated heterocycles. The number of aliphatic carboxylic acids is 3. The Morgan fingerprint density at radius 3 is 1.70 bits per heavy atom. The highest BCUT2D eigenvalue weighted by atomic mass is 32.2. The Kier molecular flexibility index (Phi) is 36.0. The number of carboxylic acid groups (broad SMARTS) is 3. The number of benzene rings is 5. The van der Waals surface area contributed by atoms with Gasteiger partial charge in [0.05, 0.1) is 53.8 Å². The van der Waals surface area contributed by atoms with Gasteiger partial charge in [-0.2, -0.15) is 21.9 Å². The van der Waals surface area contributed by atoms with Gasteiger partial charge >= 0.3 is 17.9 Å². The van der Waals surface area contributed by atoms with Crippen molar-refractivity contribution in [2.45, 2.75) is 149 Å². The number of nitrogens with zero attached hydrogens (tertiary/aromatic N) is 6. The van der Waals surface area contributed by atoms with E-state index in [0.29, 0.717) is 39.6 Å². The van der Waals surface area contributed by atoms with Crippen molar-refractivity contribution in [3.05, 3.63) is 95.6 Å². The molecule has 3 fully saturated rings. The zero-order chi connectivity index (χ0) is 92.4. The predicted octanol–water partition coefficient (Wildman–Crippen LogP) is -0.200. The fraction of sp³-hybridized carbons (Fsp3) is 0.456. The number of phenols is 2. The lowest BCUT2D eigenvalue weighted by Gasteiger charge is -2.26. The third-order valence-corrected chi connectivity index (χ3v) is 23.7. The number of unbranched alkanes of at least 4 members (excludes halogenated alkanes) is 2. The van der Waals surface area contributed by atoms with Crippen LogP contribution >= 0.6 is 11.8 Å². The summed E-state index contributed by atoms with van der Waals surface area (Å²) in [6.07, 6.45) is -0.929. The number of thioether (sulfide) groups is 1. The van der Waals surface area contributed by atoms with E-state index in [1.807, 2.05) is 0 Å². The molecule has 3 aliphatic heterocycles. The quantitative estimate of drug-likeness (QED) is 0.00463. The molecule has 0 aromatic heterocycles. The van der Waals surface area contributed by atoms with Crippen LogP contribution in [0.2, 0.25) is 0 Å². The van der Waals surface area contributed by atoms with Crippen LogP contribution in [0.15, 0.2) is 98.9 Å². The second-order valence-electron chi connectivity index (χ2n) is 30.3. The first-order valence-corrected chi connectivity index (χ1v) is 43.9. The normalized spacial score (nSPS) is 19.0. The maximum atomic E-state index is 14.4. The smallest absolute Gasteiger partial charge is 0.317 e. The average Bonchev–Trinajstić information content (AvgIpc) is 0.770. The van der Waals surface area contributed by atoms with Crippen LogP contribution in [-0.2, 0) is 93.8 Å². The first kappa shape index (κ1) is 98.9. The van der Waals surface area contributed by atoms with Crippen molar-refractivity contribution in [2.75, 3.05) is 102 Å². The van der Waals surface area contributed by atoms with E-state index in [1.165, 1.54) is 31.2 Å². The molecule has 7 atom stereocenters. The summed E-state index contributed by atoms with van der Waals surface area (Å²) in [7, 11) is -10.3. The number of anilines is 2. The largest absolute Gasteiger partial charge is 0.508 e. The number of rotatable bonds is 38. The number of guanidine groups is 1. The summed E-state index contributed by atoms with van der Waals surface area (Å²) >= 11 is 0.895. The van der Waals surface area contributed by atoms with E-state index in [1.54, 1.807) is 64.9 Å². The van der Waals surface area contributed by atoms with Gasteiger partial charge in [-0.1, -0.05) is 30.3 Å². The van der Waals surface area contributed by atoms with Gasteiger partial charge in [0.1, 0.15) is 57.5 Å². The molecule has 5 aromatic carbocycles. The highest BCUT2D eigenvalue weighted by Crippen LogP contribution is 2.44. The molecular weight excluding hydrogens is 1710 g/mol.